The van der Waals surface area contributed by atoms with Crippen LogP contribution in [0.3, 0.4) is 0 Å². The molecule has 5 atom stereocenters. The third-order valence-electron chi connectivity index (χ3n) is 4.65. The van der Waals surface area contributed by atoms with Crippen molar-refractivity contribution in [3.05, 3.63) is 18.3 Å². The largest absolute Gasteiger partial charge is 0.394 e. The third kappa shape index (κ3) is 3.46. The molecular weight excluding hydrogens is 359 g/mol. The number of rotatable bonds is 6. The van der Waals surface area contributed by atoms with Gasteiger partial charge in [-0.25, -0.2) is 14.4 Å². The van der Waals surface area contributed by atoms with Crippen LogP contribution in [0.25, 0.3) is 11.0 Å². The Morgan fingerprint density at radius 2 is 2.26 bits per heavy atom. The molecule has 3 heterocycles. The molecule has 0 aliphatic carbocycles. The van der Waals surface area contributed by atoms with E-state index in [0.29, 0.717) is 12.8 Å². The van der Waals surface area contributed by atoms with E-state index in [0.717, 1.165) is 6.20 Å². The average molecular weight is 382 g/mol. The lowest BCUT2D eigenvalue weighted by atomic mass is 10.1. The Hall–Kier alpha value is -2.34. The van der Waals surface area contributed by atoms with Crippen LogP contribution in [0, 0.1) is 5.82 Å². The van der Waals surface area contributed by atoms with Crippen LogP contribution >= 0.6 is 0 Å². The highest BCUT2D eigenvalue weighted by molar-refractivity contribution is 5.85. The van der Waals surface area contributed by atoms with Gasteiger partial charge in [-0.2, -0.15) is 0 Å². The predicted molar refractivity (Wildman–Crippen MR) is 93.7 cm³/mol. The van der Waals surface area contributed by atoms with Crippen LogP contribution in [0.2, 0.25) is 0 Å². The molecule has 1 fully saturated rings. The van der Waals surface area contributed by atoms with E-state index in [1.54, 1.807) is 0 Å². The molecule has 0 spiro atoms. The maximum absolute atomic E-state index is 14.4. The SMILES string of the molecule is CCCC(N)C(=O)N[C@H]1C(O)[C@@H](CO)O[C@H]1n1cnc2c(N)ncc(F)c21. The van der Waals surface area contributed by atoms with E-state index in [-0.39, 0.29) is 16.9 Å². The first-order valence-electron chi connectivity index (χ1n) is 8.65. The summed E-state index contributed by atoms with van der Waals surface area (Å²) in [5.41, 5.74) is 11.7. The molecular formula is C16H23FN6O4. The lowest BCUT2D eigenvalue weighted by Crippen LogP contribution is -2.51. The quantitative estimate of drug-likeness (QED) is 0.426. The van der Waals surface area contributed by atoms with Crippen molar-refractivity contribution in [3.63, 3.8) is 0 Å². The van der Waals surface area contributed by atoms with Crippen molar-refractivity contribution in [3.8, 4) is 0 Å². The number of nitrogen functional groups attached to an aromatic ring is 1. The second-order valence-electron chi connectivity index (χ2n) is 6.51. The molecule has 1 aliphatic rings. The first-order valence-corrected chi connectivity index (χ1v) is 8.65. The van der Waals surface area contributed by atoms with Gasteiger partial charge in [-0.3, -0.25) is 9.36 Å². The summed E-state index contributed by atoms with van der Waals surface area (Å²) in [6.45, 7) is 1.41. The molecule has 2 unspecified atom stereocenters. The summed E-state index contributed by atoms with van der Waals surface area (Å²) in [5.74, 6) is -1.12. The van der Waals surface area contributed by atoms with Crippen LogP contribution in [0.5, 0.6) is 0 Å². The fourth-order valence-corrected chi connectivity index (χ4v) is 3.23. The maximum Gasteiger partial charge on any atom is 0.237 e. The Balaban J connectivity index is 1.97. The zero-order valence-electron chi connectivity index (χ0n) is 14.7. The van der Waals surface area contributed by atoms with Crippen molar-refractivity contribution in [1.82, 2.24) is 19.9 Å². The number of aliphatic hydroxyl groups excluding tert-OH is 2. The van der Waals surface area contributed by atoms with Crippen molar-refractivity contribution >= 4 is 22.8 Å². The highest BCUT2D eigenvalue weighted by atomic mass is 19.1. The molecule has 27 heavy (non-hydrogen) atoms. The number of nitrogens with two attached hydrogens (primary N) is 2. The minimum Gasteiger partial charge on any atom is -0.394 e. The van der Waals surface area contributed by atoms with Gasteiger partial charge in [-0.15, -0.1) is 0 Å². The lowest BCUT2D eigenvalue weighted by molar-refractivity contribution is -0.124. The van der Waals surface area contributed by atoms with Crippen LogP contribution < -0.4 is 16.8 Å². The number of nitrogens with zero attached hydrogens (tertiary/aromatic N) is 3. The number of hydrogen-bond acceptors (Lipinski definition) is 8. The van der Waals surface area contributed by atoms with Crippen LogP contribution in [0.15, 0.2) is 12.5 Å². The van der Waals surface area contributed by atoms with Gasteiger partial charge < -0.3 is 31.7 Å². The zero-order valence-corrected chi connectivity index (χ0v) is 14.7. The van der Waals surface area contributed by atoms with Gasteiger partial charge in [0, 0.05) is 0 Å². The second-order valence-corrected chi connectivity index (χ2v) is 6.51. The topological polar surface area (TPSA) is 162 Å². The Labute approximate surface area is 154 Å². The molecule has 0 bridgehead atoms. The predicted octanol–water partition coefficient (Wildman–Crippen LogP) is -0.985. The van der Waals surface area contributed by atoms with E-state index < -0.39 is 48.9 Å². The molecule has 2 aromatic rings. The van der Waals surface area contributed by atoms with Crippen molar-refractivity contribution in [2.45, 2.75) is 50.3 Å². The number of hydrogen-bond donors (Lipinski definition) is 5. The number of amides is 1. The third-order valence-corrected chi connectivity index (χ3v) is 4.65. The highest BCUT2D eigenvalue weighted by Crippen LogP contribution is 2.33. The molecule has 1 amide bonds. The number of pyridine rings is 1. The molecule has 7 N–H and O–H groups in total. The van der Waals surface area contributed by atoms with Gasteiger partial charge in [-0.05, 0) is 6.42 Å². The summed E-state index contributed by atoms with van der Waals surface area (Å²) >= 11 is 0. The van der Waals surface area contributed by atoms with Crippen LogP contribution in [-0.4, -0.2) is 61.6 Å². The number of carbonyl (C=O) groups excluding carboxylic acids is 1. The smallest absolute Gasteiger partial charge is 0.237 e. The molecule has 11 heteroatoms. The van der Waals surface area contributed by atoms with Gasteiger partial charge in [-0.1, -0.05) is 13.3 Å². The molecule has 148 valence electrons. The molecule has 2 aromatic heterocycles. The highest BCUT2D eigenvalue weighted by Gasteiger charge is 2.46. The van der Waals surface area contributed by atoms with Crippen LogP contribution in [0.4, 0.5) is 10.2 Å². The van der Waals surface area contributed by atoms with E-state index in [2.05, 4.69) is 15.3 Å². The van der Waals surface area contributed by atoms with Crippen molar-refractivity contribution < 1.29 is 24.1 Å². The number of ether oxygens (including phenoxy) is 1. The fourth-order valence-electron chi connectivity index (χ4n) is 3.23. The number of imidazole rings is 1. The van der Waals surface area contributed by atoms with Gasteiger partial charge in [0.1, 0.15) is 29.3 Å². The number of halogens is 1. The Kier molecular flexibility index (Phi) is 5.56. The molecule has 0 radical (unpaired) electrons. The molecule has 0 aromatic carbocycles. The van der Waals surface area contributed by atoms with E-state index in [1.165, 1.54) is 10.9 Å². The summed E-state index contributed by atoms with van der Waals surface area (Å²) in [6, 6.07) is -1.73. The second kappa shape index (κ2) is 7.72. The minimum atomic E-state index is -1.22. The summed E-state index contributed by atoms with van der Waals surface area (Å²) < 4.78 is 21.3. The summed E-state index contributed by atoms with van der Waals surface area (Å²) in [6.07, 6.45) is 0.207. The Morgan fingerprint density at radius 1 is 1.52 bits per heavy atom. The van der Waals surface area contributed by atoms with Gasteiger partial charge in [0.05, 0.1) is 25.2 Å². The number of aliphatic hydroxyl groups is 2. The zero-order chi connectivity index (χ0) is 19.7. The van der Waals surface area contributed by atoms with Crippen molar-refractivity contribution in [2.75, 3.05) is 12.3 Å². The van der Waals surface area contributed by atoms with Crippen LogP contribution in [0.1, 0.15) is 26.0 Å². The van der Waals surface area contributed by atoms with E-state index in [9.17, 15) is 19.4 Å². The first-order chi connectivity index (χ1) is 12.9. The van der Waals surface area contributed by atoms with Gasteiger partial charge in [0.15, 0.2) is 17.9 Å². The van der Waals surface area contributed by atoms with Crippen molar-refractivity contribution in [2.24, 2.45) is 5.73 Å². The van der Waals surface area contributed by atoms with Crippen molar-refractivity contribution in [1.29, 1.82) is 0 Å². The summed E-state index contributed by atoms with van der Waals surface area (Å²) in [4.78, 5) is 20.1. The Morgan fingerprint density at radius 3 is 2.93 bits per heavy atom. The molecule has 1 saturated heterocycles. The molecule has 3 rings (SSSR count). The average Bonchev–Trinajstić information content (AvgIpc) is 3.21. The minimum absolute atomic E-state index is 0.0235. The lowest BCUT2D eigenvalue weighted by Gasteiger charge is -2.24. The maximum atomic E-state index is 14.4. The number of aromatic nitrogens is 3. The normalized spacial score (nSPS) is 26.4. The fraction of sp³-hybridized carbons (Fsp3) is 0.562. The van der Waals surface area contributed by atoms with Crippen LogP contribution in [-0.2, 0) is 9.53 Å². The molecule has 10 nitrogen and oxygen atoms in total. The number of anilines is 1. The number of nitrogens with one attached hydrogen (secondary N) is 1. The summed E-state index contributed by atoms with van der Waals surface area (Å²) in [5, 5.41) is 22.6. The van der Waals surface area contributed by atoms with E-state index in [4.69, 9.17) is 16.2 Å². The van der Waals surface area contributed by atoms with Gasteiger partial charge in [0.2, 0.25) is 5.91 Å². The monoisotopic (exact) mass is 382 g/mol. The molecule has 0 saturated carbocycles. The standard InChI is InChI=1S/C16H23FN6O4/c1-2-3-8(18)15(26)22-11-13(25)9(5-24)27-16(11)23-6-21-10-12(23)7(17)4-20-14(10)19/h4,6,8-9,11,13,16,24-25H,2-3,5,18H2,1H3,(H2,19,20)(H,22,26)/t8?,9-,11+,13?,16-/m1/s1. The summed E-state index contributed by atoms with van der Waals surface area (Å²) in [7, 11) is 0. The molecule has 1 aliphatic heterocycles. The van der Waals surface area contributed by atoms with E-state index in [1.807, 2.05) is 6.92 Å². The first kappa shape index (κ1) is 19.4. The van der Waals surface area contributed by atoms with E-state index >= 15 is 0 Å². The number of carbonyl (C=O) groups is 1. The number of fused-ring (bicyclic) bond motifs is 1. The Bertz CT molecular complexity index is 831. The van der Waals surface area contributed by atoms with Gasteiger partial charge >= 0.3 is 0 Å². The van der Waals surface area contributed by atoms with Gasteiger partial charge in [0.25, 0.3) is 0 Å².